The lowest BCUT2D eigenvalue weighted by Gasteiger charge is -2.28. The van der Waals surface area contributed by atoms with Crippen molar-refractivity contribution in [2.24, 2.45) is 0 Å². The zero-order chi connectivity index (χ0) is 18.4. The van der Waals surface area contributed by atoms with Crippen molar-refractivity contribution in [2.45, 2.75) is 38.9 Å². The molecule has 0 N–H and O–H groups in total. The maximum atomic E-state index is 12.9. The number of Topliss-reactive ketones (excluding diaryl/α,β-unsaturated/α-hetero) is 1. The highest BCUT2D eigenvalue weighted by molar-refractivity contribution is 9.10. The lowest BCUT2D eigenvalue weighted by Crippen LogP contribution is -2.37. The van der Waals surface area contributed by atoms with E-state index < -0.39 is 17.8 Å². The Balaban J connectivity index is 3.02. The average molecular weight is 422 g/mol. The fraction of sp³-hybridized carbons (Fsp3) is 0.533. The van der Waals surface area contributed by atoms with Crippen molar-refractivity contribution in [3.05, 3.63) is 44.4 Å². The Bertz CT molecular complexity index is 643. The van der Waals surface area contributed by atoms with Crippen molar-refractivity contribution in [3.8, 4) is 0 Å². The summed E-state index contributed by atoms with van der Waals surface area (Å²) in [6, 6.07) is 6.74. The Kier molecular flexibility index (Phi) is 7.73. The van der Waals surface area contributed by atoms with Crippen LogP contribution in [0.4, 0.5) is 0 Å². The maximum absolute atomic E-state index is 12.9. The SMILES string of the molecule is CCOP(=O)(OCC)C(C)(CCC(=O)c1cccc(Br)c1)[N+](=O)[O-]. The van der Waals surface area contributed by atoms with Crippen molar-refractivity contribution in [3.63, 3.8) is 0 Å². The Labute approximate surface area is 149 Å². The molecule has 134 valence electrons. The molecule has 0 bridgehead atoms. The van der Waals surface area contributed by atoms with E-state index in [9.17, 15) is 19.5 Å². The van der Waals surface area contributed by atoms with Gasteiger partial charge in [-0.05, 0) is 26.0 Å². The van der Waals surface area contributed by atoms with Crippen molar-refractivity contribution >= 4 is 29.3 Å². The number of nitrogens with zero attached hydrogens (tertiary/aromatic N) is 1. The summed E-state index contributed by atoms with van der Waals surface area (Å²) in [4.78, 5) is 23.2. The number of carbonyl (C=O) groups excluding carboxylic acids is 1. The first-order valence-electron chi connectivity index (χ1n) is 7.52. The van der Waals surface area contributed by atoms with Gasteiger partial charge in [-0.3, -0.25) is 19.5 Å². The first-order chi connectivity index (χ1) is 11.2. The van der Waals surface area contributed by atoms with Gasteiger partial charge in [0.05, 0.1) is 13.2 Å². The fourth-order valence-electron chi connectivity index (χ4n) is 2.14. The third-order valence-corrected chi connectivity index (χ3v) is 6.81. The number of ketones is 1. The number of nitro groups is 1. The summed E-state index contributed by atoms with van der Waals surface area (Å²) in [6.07, 6.45) is -0.388. The van der Waals surface area contributed by atoms with E-state index in [1.807, 2.05) is 0 Å². The molecule has 0 aliphatic rings. The molecule has 0 aromatic heterocycles. The Morgan fingerprint density at radius 3 is 2.38 bits per heavy atom. The van der Waals surface area contributed by atoms with Crippen molar-refractivity contribution in [1.29, 1.82) is 0 Å². The number of hydrogen-bond acceptors (Lipinski definition) is 6. The van der Waals surface area contributed by atoms with Gasteiger partial charge in [0.2, 0.25) is 0 Å². The summed E-state index contributed by atoms with van der Waals surface area (Å²) in [5.41, 5.74) is 0.428. The average Bonchev–Trinajstić information content (AvgIpc) is 2.52. The zero-order valence-electron chi connectivity index (χ0n) is 13.9. The predicted molar refractivity (Wildman–Crippen MR) is 94.0 cm³/mol. The third kappa shape index (κ3) is 4.72. The van der Waals surface area contributed by atoms with Crippen LogP contribution < -0.4 is 0 Å². The van der Waals surface area contributed by atoms with Crippen LogP contribution in [0.1, 0.15) is 44.0 Å². The van der Waals surface area contributed by atoms with Crippen LogP contribution in [0.15, 0.2) is 28.7 Å². The molecular weight excluding hydrogens is 401 g/mol. The molecule has 9 heteroatoms. The highest BCUT2D eigenvalue weighted by Crippen LogP contribution is 2.61. The summed E-state index contributed by atoms with van der Waals surface area (Å²) in [7, 11) is -4.02. The molecule has 0 spiro atoms. The van der Waals surface area contributed by atoms with Crippen LogP contribution >= 0.6 is 23.5 Å². The Morgan fingerprint density at radius 1 is 1.33 bits per heavy atom. The highest BCUT2D eigenvalue weighted by atomic mass is 79.9. The van der Waals surface area contributed by atoms with Crippen LogP contribution in [0.5, 0.6) is 0 Å². The summed E-state index contributed by atoms with van der Waals surface area (Å²) < 4.78 is 23.9. The molecule has 1 unspecified atom stereocenters. The van der Waals surface area contributed by atoms with Crippen LogP contribution in [0.25, 0.3) is 0 Å². The van der Waals surface area contributed by atoms with E-state index in [2.05, 4.69) is 15.9 Å². The molecule has 0 saturated heterocycles. The first-order valence-corrected chi connectivity index (χ1v) is 9.86. The van der Waals surface area contributed by atoms with E-state index in [0.29, 0.717) is 5.56 Å². The summed E-state index contributed by atoms with van der Waals surface area (Å²) in [5, 5.41) is 9.59. The molecule has 0 saturated carbocycles. The number of carbonyl (C=O) groups is 1. The normalized spacial score (nSPS) is 14.2. The molecule has 7 nitrogen and oxygen atoms in total. The maximum Gasteiger partial charge on any atom is 0.406 e. The second-order valence-electron chi connectivity index (χ2n) is 5.24. The van der Waals surface area contributed by atoms with Gasteiger partial charge in [-0.2, -0.15) is 0 Å². The molecule has 0 radical (unpaired) electrons. The minimum atomic E-state index is -4.02. The summed E-state index contributed by atoms with van der Waals surface area (Å²) >= 11 is 3.27. The third-order valence-electron chi connectivity index (χ3n) is 3.55. The van der Waals surface area contributed by atoms with Crippen LogP contribution in [0.2, 0.25) is 0 Å². The predicted octanol–water partition coefficient (Wildman–Crippen LogP) is 4.67. The summed E-state index contributed by atoms with van der Waals surface area (Å²) in [5.74, 6) is -0.274. The smallest absolute Gasteiger partial charge is 0.304 e. The van der Waals surface area contributed by atoms with Crippen LogP contribution in [0.3, 0.4) is 0 Å². The monoisotopic (exact) mass is 421 g/mol. The molecule has 0 amide bonds. The Hall–Kier alpha value is -1.08. The van der Waals surface area contributed by atoms with Gasteiger partial charge >= 0.3 is 12.9 Å². The molecular formula is C15H21BrNO6P. The number of hydrogen-bond donors (Lipinski definition) is 0. The molecule has 0 heterocycles. The lowest BCUT2D eigenvalue weighted by molar-refractivity contribution is -0.541. The van der Waals surface area contributed by atoms with Crippen LogP contribution in [-0.2, 0) is 13.6 Å². The van der Waals surface area contributed by atoms with Gasteiger partial charge in [-0.25, -0.2) is 0 Å². The molecule has 1 atom stereocenters. The van der Waals surface area contributed by atoms with Crippen molar-refractivity contribution < 1.29 is 23.3 Å². The topological polar surface area (TPSA) is 95.7 Å². The van der Waals surface area contributed by atoms with E-state index in [1.54, 1.807) is 38.1 Å². The highest BCUT2D eigenvalue weighted by Gasteiger charge is 2.58. The van der Waals surface area contributed by atoms with Crippen molar-refractivity contribution in [1.82, 2.24) is 0 Å². The summed E-state index contributed by atoms with van der Waals surface area (Å²) in [6.45, 7) is 4.39. The van der Waals surface area contributed by atoms with Crippen molar-refractivity contribution in [2.75, 3.05) is 13.2 Å². The van der Waals surface area contributed by atoms with Crippen LogP contribution in [-0.4, -0.2) is 29.2 Å². The largest absolute Gasteiger partial charge is 0.406 e. The number of benzene rings is 1. The molecule has 1 rings (SSSR count). The lowest BCUT2D eigenvalue weighted by atomic mass is 10.0. The van der Waals surface area contributed by atoms with E-state index >= 15 is 0 Å². The van der Waals surface area contributed by atoms with Gasteiger partial charge in [0, 0.05) is 34.7 Å². The second-order valence-corrected chi connectivity index (χ2v) is 8.63. The second kappa shape index (κ2) is 8.85. The molecule has 1 aromatic rings. The van der Waals surface area contributed by atoms with E-state index in [4.69, 9.17) is 9.05 Å². The first kappa shape index (κ1) is 21.0. The van der Waals surface area contributed by atoms with E-state index in [0.717, 1.165) is 4.47 Å². The van der Waals surface area contributed by atoms with Gasteiger partial charge in [-0.1, -0.05) is 28.1 Å². The van der Waals surface area contributed by atoms with E-state index in [-0.39, 0.29) is 31.8 Å². The quantitative estimate of drug-likeness (QED) is 0.235. The van der Waals surface area contributed by atoms with Gasteiger partial charge in [0.1, 0.15) is 0 Å². The molecule has 0 aliphatic heterocycles. The zero-order valence-corrected chi connectivity index (χ0v) is 16.3. The Morgan fingerprint density at radius 2 is 1.92 bits per heavy atom. The van der Waals surface area contributed by atoms with Gasteiger partial charge in [0.25, 0.3) is 0 Å². The molecule has 0 fully saturated rings. The minimum absolute atomic E-state index is 0.0142. The minimum Gasteiger partial charge on any atom is -0.304 e. The van der Waals surface area contributed by atoms with Crippen LogP contribution in [0, 0.1) is 10.1 Å². The molecule has 0 aliphatic carbocycles. The number of halogens is 1. The van der Waals surface area contributed by atoms with Gasteiger partial charge < -0.3 is 9.05 Å². The molecule has 1 aromatic carbocycles. The van der Waals surface area contributed by atoms with E-state index in [1.165, 1.54) is 6.92 Å². The fourth-order valence-corrected chi connectivity index (χ4v) is 4.44. The van der Waals surface area contributed by atoms with Gasteiger partial charge in [-0.15, -0.1) is 0 Å². The number of rotatable bonds is 10. The molecule has 24 heavy (non-hydrogen) atoms. The standard InChI is InChI=1S/C15H21BrNO6P/c1-4-22-24(21,23-5-2)15(3,17(19)20)10-9-14(18)12-7-6-8-13(16)11-12/h6-8,11H,4-5,9-10H2,1-3H3. The van der Waals surface area contributed by atoms with Gasteiger partial charge in [0.15, 0.2) is 5.78 Å².